The quantitative estimate of drug-likeness (QED) is 0.162. The summed E-state index contributed by atoms with van der Waals surface area (Å²) in [5.41, 5.74) is 12.2. The van der Waals surface area contributed by atoms with Gasteiger partial charge in [-0.15, -0.1) is 0 Å². The number of thioether (sulfide) groups is 1. The topological polar surface area (TPSA) is 141 Å². The summed E-state index contributed by atoms with van der Waals surface area (Å²) in [6.45, 7) is 11.7. The van der Waals surface area contributed by atoms with Crippen LogP contribution in [-0.2, 0) is 34.0 Å². The molecule has 0 saturated heterocycles. The Hall–Kier alpha value is -2.37. The molecule has 46 heavy (non-hydrogen) atoms. The van der Waals surface area contributed by atoms with Crippen molar-refractivity contribution in [3.05, 3.63) is 59.0 Å². The Morgan fingerprint density at radius 3 is 2.52 bits per heavy atom. The lowest BCUT2D eigenvalue weighted by atomic mass is 9.47. The van der Waals surface area contributed by atoms with E-state index < -0.39 is 17.6 Å². The van der Waals surface area contributed by atoms with Crippen LogP contribution >= 0.6 is 11.8 Å². The first-order valence-corrected chi connectivity index (χ1v) is 17.6. The largest absolute Gasteiger partial charge is 0.461 e. The number of halogens is 1. The number of carbonyl (C=O) groups excluding carboxylic acids is 2. The number of ketones is 1. The number of hydrogen-bond donors (Lipinski definition) is 4. The molecule has 0 amide bonds. The molecule has 6 N–H and O–H groups in total. The van der Waals surface area contributed by atoms with Crippen molar-refractivity contribution in [1.29, 1.82) is 0 Å². The van der Waals surface area contributed by atoms with Crippen molar-refractivity contribution in [2.75, 3.05) is 12.3 Å². The van der Waals surface area contributed by atoms with Gasteiger partial charge in [-0.2, -0.15) is 0 Å². The number of ether oxygens (including phenoxy) is 1. The molecule has 2 bridgehead atoms. The molecule has 1 heterocycles. The van der Waals surface area contributed by atoms with Crippen LogP contribution in [0.3, 0.4) is 0 Å². The molecule has 254 valence electrons. The normalized spacial score (nSPS) is 31.2. The number of nitrogens with zero attached hydrogens (tertiary/aromatic N) is 1. The minimum Gasteiger partial charge on any atom is -0.461 e. The number of esters is 1. The van der Waals surface area contributed by atoms with Gasteiger partial charge in [0, 0.05) is 55.2 Å². The molecule has 1 aromatic carbocycles. The molecule has 0 radical (unpaired) electrons. The van der Waals surface area contributed by atoms with Gasteiger partial charge >= 0.3 is 5.97 Å². The summed E-state index contributed by atoms with van der Waals surface area (Å²) in [7, 11) is 0. The van der Waals surface area contributed by atoms with Gasteiger partial charge < -0.3 is 31.4 Å². The van der Waals surface area contributed by atoms with Gasteiger partial charge in [0.2, 0.25) is 0 Å². The molecule has 2 saturated carbocycles. The SMILES string of the molecule is CC(=O)CC[C@]12CC[C@@H](C)[C@](C)(C1)[C@H](OC(=O)CSc1ccc(CN)cn1)C[C@](C)(CNCc1ccc(CN)c(F)c1)[C@@H](O)[C@@H]2C. The standard InChI is InChI=1S/C36H53FN4O4S/c1-23-10-12-36(13-11-24(2)42)21-35(23,5)30(45-32(43)20-46-31-9-7-27(16-38)19-41-31)15-34(4,33(44)25(36)3)22-40-18-26-6-8-28(17-39)29(37)14-26/h6-9,14,19,23,25,30,33,40,44H,10-13,15-18,20-22,38-39H2,1-5H3/t23-,25+,30-,33+,34-,35+,36-/m1/s1. The Kier molecular flexibility index (Phi) is 12.1. The van der Waals surface area contributed by atoms with Crippen molar-refractivity contribution in [2.45, 2.75) is 110 Å². The highest BCUT2D eigenvalue weighted by atomic mass is 32.2. The van der Waals surface area contributed by atoms with Gasteiger partial charge in [0.1, 0.15) is 17.7 Å². The lowest BCUT2D eigenvalue weighted by Crippen LogP contribution is -2.60. The number of benzene rings is 1. The summed E-state index contributed by atoms with van der Waals surface area (Å²) in [4.78, 5) is 30.1. The smallest absolute Gasteiger partial charge is 0.316 e. The van der Waals surface area contributed by atoms with Crippen LogP contribution in [0.4, 0.5) is 4.39 Å². The molecule has 7 atom stereocenters. The average Bonchev–Trinajstić information content (AvgIpc) is 3.03. The Morgan fingerprint density at radius 2 is 1.89 bits per heavy atom. The van der Waals surface area contributed by atoms with Crippen LogP contribution < -0.4 is 16.8 Å². The number of fused-ring (bicyclic) bond motifs is 2. The second-order valence-corrected chi connectivity index (χ2v) is 15.5. The highest BCUT2D eigenvalue weighted by Gasteiger charge is 2.59. The number of aliphatic hydroxyl groups excluding tert-OH is 1. The molecule has 0 spiro atoms. The molecule has 2 fully saturated rings. The lowest BCUT2D eigenvalue weighted by Gasteiger charge is -2.60. The molecular formula is C36H53FN4O4S. The molecule has 4 rings (SSSR count). The molecule has 2 aliphatic rings. The number of Topliss-reactive ketones (excluding diaryl/α,β-unsaturated/α-hetero) is 1. The number of rotatable bonds is 13. The Labute approximate surface area is 278 Å². The monoisotopic (exact) mass is 656 g/mol. The van der Waals surface area contributed by atoms with E-state index in [1.165, 1.54) is 17.8 Å². The van der Waals surface area contributed by atoms with Crippen molar-refractivity contribution in [1.82, 2.24) is 10.3 Å². The second-order valence-electron chi connectivity index (χ2n) is 14.5. The first-order chi connectivity index (χ1) is 21.7. The number of nitrogens with two attached hydrogens (primary N) is 2. The number of aliphatic hydroxyl groups is 1. The van der Waals surface area contributed by atoms with Crippen molar-refractivity contribution >= 4 is 23.5 Å². The van der Waals surface area contributed by atoms with Crippen LogP contribution in [0.25, 0.3) is 0 Å². The maximum absolute atomic E-state index is 14.4. The zero-order valence-corrected chi connectivity index (χ0v) is 28.9. The van der Waals surface area contributed by atoms with Crippen LogP contribution in [0.5, 0.6) is 0 Å². The summed E-state index contributed by atoms with van der Waals surface area (Å²) in [6.07, 6.45) is 4.79. The predicted octanol–water partition coefficient (Wildman–Crippen LogP) is 5.52. The van der Waals surface area contributed by atoms with Crippen molar-refractivity contribution < 1.29 is 23.8 Å². The van der Waals surface area contributed by atoms with E-state index in [1.807, 2.05) is 18.2 Å². The van der Waals surface area contributed by atoms with Crippen LogP contribution in [0.2, 0.25) is 0 Å². The van der Waals surface area contributed by atoms with Crippen LogP contribution in [0.15, 0.2) is 41.6 Å². The summed E-state index contributed by atoms with van der Waals surface area (Å²) >= 11 is 1.33. The number of nitrogens with one attached hydrogen (secondary N) is 1. The van der Waals surface area contributed by atoms with Crippen molar-refractivity contribution in [3.8, 4) is 0 Å². The molecule has 0 aliphatic heterocycles. The van der Waals surface area contributed by atoms with Crippen LogP contribution in [0, 0.1) is 33.9 Å². The Balaban J connectivity index is 1.61. The van der Waals surface area contributed by atoms with E-state index in [2.05, 4.69) is 38.0 Å². The van der Waals surface area contributed by atoms with Gasteiger partial charge in [-0.1, -0.05) is 57.7 Å². The maximum atomic E-state index is 14.4. The third kappa shape index (κ3) is 8.19. The summed E-state index contributed by atoms with van der Waals surface area (Å²) in [6, 6.07) is 8.84. The number of carbonyl (C=O) groups is 2. The lowest BCUT2D eigenvalue weighted by molar-refractivity contribution is -0.192. The van der Waals surface area contributed by atoms with E-state index in [-0.39, 0.29) is 52.5 Å². The van der Waals surface area contributed by atoms with E-state index in [9.17, 15) is 19.1 Å². The highest BCUT2D eigenvalue weighted by molar-refractivity contribution is 7.99. The van der Waals surface area contributed by atoms with Gasteiger partial charge in [0.15, 0.2) is 0 Å². The molecular weight excluding hydrogens is 603 g/mol. The third-order valence-electron chi connectivity index (χ3n) is 11.3. The minimum absolute atomic E-state index is 0.0819. The van der Waals surface area contributed by atoms with E-state index in [0.717, 1.165) is 35.4 Å². The fourth-order valence-electron chi connectivity index (χ4n) is 7.91. The van der Waals surface area contributed by atoms with Gasteiger partial charge in [0.05, 0.1) is 16.9 Å². The fourth-order valence-corrected chi connectivity index (χ4v) is 8.54. The molecule has 10 heteroatoms. The zero-order valence-electron chi connectivity index (χ0n) is 28.1. The molecule has 2 aromatic rings. The number of aromatic nitrogens is 1. The van der Waals surface area contributed by atoms with Crippen molar-refractivity contribution in [3.63, 3.8) is 0 Å². The predicted molar refractivity (Wildman–Crippen MR) is 180 cm³/mol. The fraction of sp³-hybridized carbons (Fsp3) is 0.639. The van der Waals surface area contributed by atoms with Gasteiger partial charge in [0.25, 0.3) is 0 Å². The first kappa shape index (κ1) is 36.5. The van der Waals surface area contributed by atoms with E-state index in [0.29, 0.717) is 44.5 Å². The third-order valence-corrected chi connectivity index (χ3v) is 12.2. The summed E-state index contributed by atoms with van der Waals surface area (Å²) < 4.78 is 20.9. The van der Waals surface area contributed by atoms with Crippen molar-refractivity contribution in [2.24, 2.45) is 39.5 Å². The molecule has 0 unspecified atom stereocenters. The van der Waals surface area contributed by atoms with Gasteiger partial charge in [-0.05, 0) is 79.5 Å². The first-order valence-electron chi connectivity index (χ1n) is 16.6. The summed E-state index contributed by atoms with van der Waals surface area (Å²) in [5, 5.41) is 16.4. The second kappa shape index (κ2) is 15.2. The maximum Gasteiger partial charge on any atom is 0.316 e. The highest BCUT2D eigenvalue weighted by Crippen LogP contribution is 2.61. The van der Waals surface area contributed by atoms with Crippen LogP contribution in [-0.4, -0.2) is 46.3 Å². The van der Waals surface area contributed by atoms with E-state index in [4.69, 9.17) is 16.2 Å². The Morgan fingerprint density at radius 1 is 1.15 bits per heavy atom. The molecule has 2 aliphatic carbocycles. The minimum atomic E-state index is -0.720. The Bertz CT molecular complexity index is 1360. The van der Waals surface area contributed by atoms with E-state index >= 15 is 0 Å². The molecule has 1 aromatic heterocycles. The van der Waals surface area contributed by atoms with E-state index in [1.54, 1.807) is 19.2 Å². The average molecular weight is 657 g/mol. The number of pyridine rings is 1. The zero-order chi connectivity index (χ0) is 33.7. The van der Waals surface area contributed by atoms with Gasteiger partial charge in [-0.25, -0.2) is 9.37 Å². The number of hydrogen-bond acceptors (Lipinski definition) is 9. The van der Waals surface area contributed by atoms with Gasteiger partial charge in [-0.3, -0.25) is 4.79 Å². The summed E-state index contributed by atoms with van der Waals surface area (Å²) in [5.74, 6) is -0.195. The molecule has 8 nitrogen and oxygen atoms in total. The van der Waals surface area contributed by atoms with Crippen LogP contribution in [0.1, 0.15) is 89.8 Å².